The van der Waals surface area contributed by atoms with Gasteiger partial charge in [-0.3, -0.25) is 9.52 Å². The van der Waals surface area contributed by atoms with Crippen LogP contribution in [0.2, 0.25) is 10.0 Å². The highest BCUT2D eigenvalue weighted by Gasteiger charge is 2.12. The minimum Gasteiger partial charge on any atom is -0.351 e. The Morgan fingerprint density at radius 3 is 2.46 bits per heavy atom. The van der Waals surface area contributed by atoms with Crippen LogP contribution in [0.1, 0.15) is 15.9 Å². The number of benzene rings is 2. The molecule has 9 heteroatoms. The van der Waals surface area contributed by atoms with Crippen molar-refractivity contribution in [3.05, 3.63) is 63.6 Å². The zero-order valence-electron chi connectivity index (χ0n) is 14.0. The first kappa shape index (κ1) is 20.9. The summed E-state index contributed by atoms with van der Waals surface area (Å²) in [4.78, 5) is 12.3. The minimum atomic E-state index is -3.42. The molecule has 0 unspecified atom stereocenters. The maximum absolute atomic E-state index is 12.3. The van der Waals surface area contributed by atoms with Crippen molar-refractivity contribution in [1.29, 1.82) is 0 Å². The average Bonchev–Trinajstić information content (AvgIpc) is 2.56. The quantitative estimate of drug-likeness (QED) is 0.617. The molecule has 5 nitrogen and oxygen atoms in total. The van der Waals surface area contributed by atoms with Gasteiger partial charge >= 0.3 is 0 Å². The van der Waals surface area contributed by atoms with E-state index in [2.05, 4.69) is 10.0 Å². The Morgan fingerprint density at radius 1 is 1.12 bits per heavy atom. The highest BCUT2D eigenvalue weighted by molar-refractivity contribution is 7.98. The molecule has 26 heavy (non-hydrogen) atoms. The summed E-state index contributed by atoms with van der Waals surface area (Å²) in [6, 6.07) is 12.0. The van der Waals surface area contributed by atoms with Crippen LogP contribution in [0.4, 0.5) is 5.69 Å². The Hall–Kier alpha value is -1.41. The zero-order valence-corrected chi connectivity index (χ0v) is 17.1. The molecule has 0 saturated heterocycles. The van der Waals surface area contributed by atoms with E-state index < -0.39 is 10.0 Å². The van der Waals surface area contributed by atoms with Gasteiger partial charge in [-0.2, -0.15) is 11.8 Å². The van der Waals surface area contributed by atoms with Gasteiger partial charge in [-0.25, -0.2) is 8.42 Å². The van der Waals surface area contributed by atoms with Crippen LogP contribution in [0.25, 0.3) is 0 Å². The van der Waals surface area contributed by atoms with Crippen molar-refractivity contribution in [3.63, 3.8) is 0 Å². The molecular weight excluding hydrogens is 415 g/mol. The summed E-state index contributed by atoms with van der Waals surface area (Å²) in [5, 5.41) is 3.75. The number of nitrogens with one attached hydrogen (secondary N) is 2. The van der Waals surface area contributed by atoms with Crippen LogP contribution in [-0.4, -0.2) is 32.9 Å². The smallest absolute Gasteiger partial charge is 0.252 e. The first-order valence-corrected chi connectivity index (χ1v) is 11.4. The predicted molar refractivity (Wildman–Crippen MR) is 110 cm³/mol. The standard InChI is InChI=1S/C17H18Cl2N2O3S2/c1-26(23,24)21-14-6-7-16(19)15(10-14)17(22)20-8-9-25-11-12-2-4-13(18)5-3-12/h2-7,10,21H,8-9,11H2,1H3,(H,20,22). The van der Waals surface area contributed by atoms with Crippen molar-refractivity contribution >= 4 is 56.6 Å². The van der Waals surface area contributed by atoms with E-state index in [1.54, 1.807) is 11.8 Å². The normalized spacial score (nSPS) is 11.2. The van der Waals surface area contributed by atoms with Crippen molar-refractivity contribution in [1.82, 2.24) is 5.32 Å². The van der Waals surface area contributed by atoms with Crippen molar-refractivity contribution in [2.75, 3.05) is 23.3 Å². The molecule has 2 N–H and O–H groups in total. The van der Waals surface area contributed by atoms with Crippen LogP contribution in [-0.2, 0) is 15.8 Å². The molecule has 0 heterocycles. The third-order valence-electron chi connectivity index (χ3n) is 3.23. The number of hydrogen-bond donors (Lipinski definition) is 2. The van der Waals surface area contributed by atoms with E-state index in [0.29, 0.717) is 17.3 Å². The van der Waals surface area contributed by atoms with Gasteiger partial charge in [-0.05, 0) is 35.9 Å². The molecule has 2 rings (SSSR count). The van der Waals surface area contributed by atoms with Crippen molar-refractivity contribution in [2.24, 2.45) is 0 Å². The van der Waals surface area contributed by atoms with Gasteiger partial charge in [0.05, 0.1) is 16.8 Å². The van der Waals surface area contributed by atoms with E-state index in [1.807, 2.05) is 24.3 Å². The molecule has 0 spiro atoms. The topological polar surface area (TPSA) is 75.3 Å². The number of halogens is 2. The van der Waals surface area contributed by atoms with Crippen molar-refractivity contribution in [2.45, 2.75) is 5.75 Å². The minimum absolute atomic E-state index is 0.225. The molecule has 2 aromatic rings. The maximum atomic E-state index is 12.3. The highest BCUT2D eigenvalue weighted by Crippen LogP contribution is 2.21. The van der Waals surface area contributed by atoms with Crippen molar-refractivity contribution in [3.8, 4) is 0 Å². The summed E-state index contributed by atoms with van der Waals surface area (Å²) in [5.41, 5.74) is 1.68. The number of thioether (sulfide) groups is 1. The fraction of sp³-hybridized carbons (Fsp3) is 0.235. The van der Waals surface area contributed by atoms with Gasteiger partial charge < -0.3 is 5.32 Å². The van der Waals surface area contributed by atoms with Crippen molar-refractivity contribution < 1.29 is 13.2 Å². The molecule has 2 aromatic carbocycles. The van der Waals surface area contributed by atoms with Gasteiger partial charge in [0.25, 0.3) is 5.91 Å². The molecular formula is C17H18Cl2N2O3S2. The second-order valence-corrected chi connectivity index (χ2v) is 9.20. The number of carbonyl (C=O) groups is 1. The Labute approximate surface area is 167 Å². The number of carbonyl (C=O) groups excluding carboxylic acids is 1. The molecule has 0 radical (unpaired) electrons. The maximum Gasteiger partial charge on any atom is 0.252 e. The summed E-state index contributed by atoms with van der Waals surface area (Å²) in [6.45, 7) is 0.469. The Bertz CT molecular complexity index is 872. The first-order valence-electron chi connectivity index (χ1n) is 7.62. The van der Waals surface area contributed by atoms with Gasteiger partial charge in [-0.1, -0.05) is 35.3 Å². The van der Waals surface area contributed by atoms with Gasteiger partial charge in [0.2, 0.25) is 10.0 Å². The lowest BCUT2D eigenvalue weighted by Crippen LogP contribution is -2.26. The van der Waals surface area contributed by atoms with Gasteiger partial charge in [0.15, 0.2) is 0 Å². The van der Waals surface area contributed by atoms with Gasteiger partial charge in [0, 0.05) is 28.8 Å². The Morgan fingerprint density at radius 2 is 1.81 bits per heavy atom. The van der Waals surface area contributed by atoms with Gasteiger partial charge in [0.1, 0.15) is 0 Å². The third kappa shape index (κ3) is 7.07. The number of anilines is 1. The second kappa shape index (κ2) is 9.50. The lowest BCUT2D eigenvalue weighted by molar-refractivity contribution is 0.0956. The van der Waals surface area contributed by atoms with E-state index in [0.717, 1.165) is 23.3 Å². The SMILES string of the molecule is CS(=O)(=O)Nc1ccc(Cl)c(C(=O)NCCSCc2ccc(Cl)cc2)c1. The van der Waals surface area contributed by atoms with Crippen LogP contribution < -0.4 is 10.0 Å². The molecule has 1 amide bonds. The summed E-state index contributed by atoms with van der Waals surface area (Å²) in [7, 11) is -3.42. The van der Waals surface area contributed by atoms with Crippen LogP contribution in [0.3, 0.4) is 0 Å². The number of hydrogen-bond acceptors (Lipinski definition) is 4. The molecule has 0 aromatic heterocycles. The summed E-state index contributed by atoms with van der Waals surface area (Å²) in [5.74, 6) is 1.20. The third-order valence-corrected chi connectivity index (χ3v) is 5.45. The molecule has 0 aliphatic heterocycles. The fourth-order valence-electron chi connectivity index (χ4n) is 2.08. The number of sulfonamides is 1. The first-order chi connectivity index (χ1) is 12.2. The van der Waals surface area contributed by atoms with E-state index in [9.17, 15) is 13.2 Å². The number of amides is 1. The number of rotatable bonds is 8. The van der Waals surface area contributed by atoms with Crippen LogP contribution in [0.15, 0.2) is 42.5 Å². The van der Waals surface area contributed by atoms with Crippen LogP contribution in [0.5, 0.6) is 0 Å². The predicted octanol–water partition coefficient (Wildman–Crippen LogP) is 4.03. The molecule has 0 bridgehead atoms. The molecule has 0 aliphatic rings. The van der Waals surface area contributed by atoms with E-state index >= 15 is 0 Å². The van der Waals surface area contributed by atoms with E-state index in [1.165, 1.54) is 18.2 Å². The summed E-state index contributed by atoms with van der Waals surface area (Å²) >= 11 is 13.6. The zero-order chi connectivity index (χ0) is 19.2. The Kier molecular flexibility index (Phi) is 7.64. The fourth-order valence-corrected chi connectivity index (χ4v) is 3.78. The Balaban J connectivity index is 1.83. The lowest BCUT2D eigenvalue weighted by Gasteiger charge is -2.10. The molecule has 0 fully saturated rings. The van der Waals surface area contributed by atoms with Gasteiger partial charge in [-0.15, -0.1) is 0 Å². The summed E-state index contributed by atoms with van der Waals surface area (Å²) in [6.07, 6.45) is 1.04. The molecule has 140 valence electrons. The summed E-state index contributed by atoms with van der Waals surface area (Å²) < 4.78 is 24.9. The van der Waals surface area contributed by atoms with E-state index in [4.69, 9.17) is 23.2 Å². The lowest BCUT2D eigenvalue weighted by atomic mass is 10.2. The van der Waals surface area contributed by atoms with Crippen LogP contribution in [0, 0.1) is 0 Å². The molecule has 0 saturated carbocycles. The largest absolute Gasteiger partial charge is 0.351 e. The highest BCUT2D eigenvalue weighted by atomic mass is 35.5. The second-order valence-electron chi connectivity index (χ2n) is 5.50. The monoisotopic (exact) mass is 432 g/mol. The van der Waals surface area contributed by atoms with Crippen LogP contribution >= 0.6 is 35.0 Å². The average molecular weight is 433 g/mol. The molecule has 0 atom stereocenters. The van der Waals surface area contributed by atoms with E-state index in [-0.39, 0.29) is 16.5 Å². The molecule has 0 aliphatic carbocycles.